The van der Waals surface area contributed by atoms with E-state index in [1.165, 1.54) is 0 Å². The zero-order valence-corrected chi connectivity index (χ0v) is 14.5. The molecule has 0 spiro atoms. The second kappa shape index (κ2) is 5.45. The molecule has 2 aromatic heterocycles. The number of hydrogen-bond acceptors (Lipinski definition) is 5. The number of aromatic nitrogens is 3. The molecule has 2 saturated heterocycles. The summed E-state index contributed by atoms with van der Waals surface area (Å²) in [6.07, 6.45) is 5.60. The molecule has 2 aromatic rings. The van der Waals surface area contributed by atoms with Crippen LogP contribution in [0.15, 0.2) is 17.0 Å². The number of anilines is 1. The number of amides is 1. The van der Waals surface area contributed by atoms with Crippen molar-refractivity contribution in [2.45, 2.75) is 24.8 Å². The first kappa shape index (κ1) is 14.9. The summed E-state index contributed by atoms with van der Waals surface area (Å²) in [6, 6.07) is 0.332. The molecule has 0 aliphatic carbocycles. The highest BCUT2D eigenvalue weighted by Gasteiger charge is 2.37. The Labute approximate surface area is 142 Å². The summed E-state index contributed by atoms with van der Waals surface area (Å²) in [7, 11) is 2.01. The molecule has 2 aliphatic rings. The molecule has 23 heavy (non-hydrogen) atoms. The molecule has 2 N–H and O–H groups in total. The van der Waals surface area contributed by atoms with Gasteiger partial charge in [-0.05, 0) is 35.8 Å². The fourth-order valence-corrected chi connectivity index (χ4v) is 4.39. The molecule has 1 amide bonds. The van der Waals surface area contributed by atoms with Crippen molar-refractivity contribution in [1.29, 1.82) is 0 Å². The van der Waals surface area contributed by atoms with E-state index in [0.29, 0.717) is 23.0 Å². The number of carbonyl (C=O) groups is 1. The number of likely N-dealkylation sites (N-methyl/N-ethyl adjacent to an activating group) is 1. The Bertz CT molecular complexity index is 775. The lowest BCUT2D eigenvalue weighted by molar-refractivity contribution is -0.141. The van der Waals surface area contributed by atoms with Crippen LogP contribution in [0.25, 0.3) is 5.52 Å². The molecule has 0 radical (unpaired) electrons. The first-order chi connectivity index (χ1) is 11.0. The maximum Gasteiger partial charge on any atom is 0.237 e. The molecule has 0 aromatic carbocycles. The highest BCUT2D eigenvalue weighted by molar-refractivity contribution is 9.10. The van der Waals surface area contributed by atoms with Crippen LogP contribution >= 0.6 is 15.9 Å². The molecule has 0 bridgehead atoms. The van der Waals surface area contributed by atoms with Gasteiger partial charge in [-0.15, -0.1) is 0 Å². The standard InChI is InChI=1S/C15H19BrN6O/c1-20-7-10-3-2-9(6-22(10)11(23)8-20)15-19-13(16)12-14(17)18-4-5-21(12)15/h4-5,9-10H,2-3,6-8H2,1H3,(H2,17,18). The van der Waals surface area contributed by atoms with E-state index in [1.54, 1.807) is 6.20 Å². The van der Waals surface area contributed by atoms with Crippen molar-refractivity contribution < 1.29 is 4.79 Å². The molecular weight excluding hydrogens is 360 g/mol. The summed E-state index contributed by atoms with van der Waals surface area (Å²) >= 11 is 3.48. The smallest absolute Gasteiger partial charge is 0.237 e. The Hall–Kier alpha value is -1.67. The third kappa shape index (κ3) is 2.40. The third-order valence-electron chi connectivity index (χ3n) is 4.89. The van der Waals surface area contributed by atoms with Crippen LogP contribution in [-0.4, -0.2) is 62.8 Å². The van der Waals surface area contributed by atoms with Crippen molar-refractivity contribution in [1.82, 2.24) is 24.2 Å². The number of fused-ring (bicyclic) bond motifs is 2. The quantitative estimate of drug-likeness (QED) is 0.803. The number of nitrogens with two attached hydrogens (primary N) is 1. The first-order valence-corrected chi connectivity index (χ1v) is 8.60. The number of imidazole rings is 1. The van der Waals surface area contributed by atoms with E-state index in [0.717, 1.165) is 37.3 Å². The van der Waals surface area contributed by atoms with Gasteiger partial charge >= 0.3 is 0 Å². The fourth-order valence-electron chi connectivity index (χ4n) is 3.81. The average Bonchev–Trinajstić information content (AvgIpc) is 2.85. The zero-order chi connectivity index (χ0) is 16.1. The van der Waals surface area contributed by atoms with Crippen molar-refractivity contribution in [3.05, 3.63) is 22.8 Å². The van der Waals surface area contributed by atoms with Crippen molar-refractivity contribution in [2.24, 2.45) is 0 Å². The summed E-state index contributed by atoms with van der Waals surface area (Å²) in [5.74, 6) is 1.85. The van der Waals surface area contributed by atoms with Crippen molar-refractivity contribution in [3.63, 3.8) is 0 Å². The van der Waals surface area contributed by atoms with E-state index in [2.05, 4.69) is 30.8 Å². The van der Waals surface area contributed by atoms with E-state index < -0.39 is 0 Å². The first-order valence-electron chi connectivity index (χ1n) is 7.80. The summed E-state index contributed by atoms with van der Waals surface area (Å²) in [5, 5.41) is 0. The van der Waals surface area contributed by atoms with Crippen LogP contribution in [-0.2, 0) is 4.79 Å². The monoisotopic (exact) mass is 378 g/mol. The maximum absolute atomic E-state index is 12.4. The van der Waals surface area contributed by atoms with Crippen LogP contribution in [0.4, 0.5) is 5.82 Å². The number of nitrogen functional groups attached to an aromatic ring is 1. The van der Waals surface area contributed by atoms with Crippen LogP contribution < -0.4 is 5.73 Å². The lowest BCUT2D eigenvalue weighted by atomic mass is 9.90. The van der Waals surface area contributed by atoms with Gasteiger partial charge in [0.2, 0.25) is 5.91 Å². The van der Waals surface area contributed by atoms with Gasteiger partial charge < -0.3 is 10.6 Å². The summed E-state index contributed by atoms with van der Waals surface area (Å²) < 4.78 is 2.71. The lowest BCUT2D eigenvalue weighted by Crippen LogP contribution is -2.58. The van der Waals surface area contributed by atoms with E-state index >= 15 is 0 Å². The summed E-state index contributed by atoms with van der Waals surface area (Å²) in [6.45, 7) is 2.19. The molecule has 8 heteroatoms. The highest BCUT2D eigenvalue weighted by Crippen LogP contribution is 2.34. The number of nitrogens with zero attached hydrogens (tertiary/aromatic N) is 5. The maximum atomic E-state index is 12.4. The Morgan fingerprint density at radius 3 is 3.00 bits per heavy atom. The Morgan fingerprint density at radius 1 is 1.35 bits per heavy atom. The molecule has 0 saturated carbocycles. The molecule has 2 unspecified atom stereocenters. The van der Waals surface area contributed by atoms with Gasteiger partial charge in [-0.25, -0.2) is 9.97 Å². The van der Waals surface area contributed by atoms with Crippen molar-refractivity contribution in [2.75, 3.05) is 32.4 Å². The molecule has 2 aliphatic heterocycles. The Kier molecular flexibility index (Phi) is 3.53. The predicted octanol–water partition coefficient (Wildman–Crippen LogP) is 1.09. The van der Waals surface area contributed by atoms with Gasteiger partial charge in [0, 0.05) is 37.4 Å². The molecule has 4 heterocycles. The molecule has 4 rings (SSSR count). The highest BCUT2D eigenvalue weighted by atomic mass is 79.9. The van der Waals surface area contributed by atoms with Crippen LogP contribution in [0, 0.1) is 0 Å². The molecular formula is C15H19BrN6O. The number of hydrogen-bond donors (Lipinski definition) is 1. The van der Waals surface area contributed by atoms with Gasteiger partial charge in [-0.1, -0.05) is 0 Å². The van der Waals surface area contributed by atoms with Crippen LogP contribution in [0.5, 0.6) is 0 Å². The number of piperazine rings is 1. The molecule has 7 nitrogen and oxygen atoms in total. The number of rotatable bonds is 1. The fraction of sp³-hybridized carbons (Fsp3) is 0.533. The van der Waals surface area contributed by atoms with Gasteiger partial charge in [0.25, 0.3) is 0 Å². The molecule has 122 valence electrons. The second-order valence-corrected chi connectivity index (χ2v) is 7.21. The lowest BCUT2D eigenvalue weighted by Gasteiger charge is -2.44. The van der Waals surface area contributed by atoms with E-state index in [4.69, 9.17) is 5.73 Å². The minimum atomic E-state index is 0.217. The van der Waals surface area contributed by atoms with Crippen molar-refractivity contribution >= 4 is 33.2 Å². The molecule has 2 fully saturated rings. The molecule has 2 atom stereocenters. The van der Waals surface area contributed by atoms with E-state index in [1.807, 2.05) is 22.5 Å². The number of carbonyl (C=O) groups excluding carboxylic acids is 1. The van der Waals surface area contributed by atoms with E-state index in [9.17, 15) is 4.79 Å². The minimum absolute atomic E-state index is 0.217. The topological polar surface area (TPSA) is 79.8 Å². The van der Waals surface area contributed by atoms with Crippen LogP contribution in [0.1, 0.15) is 24.6 Å². The Morgan fingerprint density at radius 2 is 2.17 bits per heavy atom. The van der Waals surface area contributed by atoms with Gasteiger partial charge in [0.15, 0.2) is 5.82 Å². The van der Waals surface area contributed by atoms with Crippen LogP contribution in [0.3, 0.4) is 0 Å². The van der Waals surface area contributed by atoms with Gasteiger partial charge in [-0.2, -0.15) is 0 Å². The Balaban J connectivity index is 1.68. The average molecular weight is 379 g/mol. The van der Waals surface area contributed by atoms with Crippen molar-refractivity contribution in [3.8, 4) is 0 Å². The predicted molar refractivity (Wildman–Crippen MR) is 90.1 cm³/mol. The third-order valence-corrected chi connectivity index (χ3v) is 5.44. The second-order valence-electron chi connectivity index (χ2n) is 6.46. The normalized spacial score (nSPS) is 25.8. The van der Waals surface area contributed by atoms with Crippen LogP contribution in [0.2, 0.25) is 0 Å². The number of piperidine rings is 1. The number of halogens is 1. The largest absolute Gasteiger partial charge is 0.382 e. The van der Waals surface area contributed by atoms with Gasteiger partial charge in [0.1, 0.15) is 15.9 Å². The van der Waals surface area contributed by atoms with E-state index in [-0.39, 0.29) is 11.8 Å². The summed E-state index contributed by atoms with van der Waals surface area (Å²) in [4.78, 5) is 25.3. The van der Waals surface area contributed by atoms with Gasteiger partial charge in [-0.3, -0.25) is 14.1 Å². The zero-order valence-electron chi connectivity index (χ0n) is 12.9. The SMILES string of the molecule is CN1CC(=O)N2CC(c3nc(Br)c4c(N)nccn34)CCC2C1. The van der Waals surface area contributed by atoms with Gasteiger partial charge in [0.05, 0.1) is 6.54 Å². The summed E-state index contributed by atoms with van der Waals surface area (Å²) in [5.41, 5.74) is 6.77. The minimum Gasteiger partial charge on any atom is -0.382 e.